The van der Waals surface area contributed by atoms with Crippen LogP contribution in [0.5, 0.6) is 0 Å². The molecule has 94 heavy (non-hydrogen) atoms. The molecule has 6 aromatic carbocycles. The third kappa shape index (κ3) is 14.6. The summed E-state index contributed by atoms with van der Waals surface area (Å²) in [7, 11) is -0.530. The van der Waals surface area contributed by atoms with E-state index in [1.54, 1.807) is 68.3 Å². The summed E-state index contributed by atoms with van der Waals surface area (Å²) < 4.78 is 57.0. The summed E-state index contributed by atoms with van der Waals surface area (Å²) >= 11 is 5.73. The molecule has 14 rings (SSSR count). The van der Waals surface area contributed by atoms with E-state index >= 15 is 0 Å². The summed E-state index contributed by atoms with van der Waals surface area (Å²) in [6, 6.07) is 39.5. The van der Waals surface area contributed by atoms with Gasteiger partial charge in [0.2, 0.25) is 0 Å². The smallest absolute Gasteiger partial charge is 0.399 e. The van der Waals surface area contributed by atoms with Crippen molar-refractivity contribution in [1.29, 1.82) is 0 Å². The van der Waals surface area contributed by atoms with Gasteiger partial charge in [-0.1, -0.05) is 54.1 Å². The predicted octanol–water partition coefficient (Wildman–Crippen LogP) is 14.3. The number of hydrogen-bond donors (Lipinski definition) is 3. The molecule has 3 N–H and O–H groups in total. The number of aromatic nitrogens is 10. The summed E-state index contributed by atoms with van der Waals surface area (Å²) in [6.07, 6.45) is 20.8. The van der Waals surface area contributed by atoms with Crippen molar-refractivity contribution in [2.45, 2.75) is 59.7 Å². The van der Waals surface area contributed by atoms with E-state index < -0.39 is 18.3 Å². The van der Waals surface area contributed by atoms with E-state index in [0.29, 0.717) is 50.4 Å². The first-order valence-electron chi connectivity index (χ1n) is 29.5. The van der Waals surface area contributed by atoms with Crippen molar-refractivity contribution < 1.29 is 36.9 Å². The minimum atomic E-state index is -0.530. The van der Waals surface area contributed by atoms with E-state index in [2.05, 4.69) is 50.8 Å². The molecule has 0 bridgehead atoms. The maximum atomic E-state index is 13.2. The van der Waals surface area contributed by atoms with Gasteiger partial charge in [0.1, 0.15) is 28.7 Å². The van der Waals surface area contributed by atoms with Crippen LogP contribution in [0.1, 0.15) is 75.5 Å². The Bertz CT molecular complexity index is 4880. The van der Waals surface area contributed by atoms with Crippen LogP contribution in [0.15, 0.2) is 220 Å². The first kappa shape index (κ1) is 64.3. The maximum absolute atomic E-state index is 13.2. The Morgan fingerprint density at radius 2 is 0.926 bits per heavy atom. The Labute approximate surface area is 543 Å². The average molecular weight is 1280 g/mol. The first-order valence-corrected chi connectivity index (χ1v) is 29.9. The Morgan fingerprint density at radius 1 is 0.479 bits per heavy atom. The number of carbonyl (C=O) groups excluding carboxylic acids is 3. The van der Waals surface area contributed by atoms with Crippen molar-refractivity contribution in [3.8, 4) is 34.0 Å². The molecule has 23 heteroatoms. The molecule has 13 aromatic rings. The van der Waals surface area contributed by atoms with Crippen LogP contribution in [0.4, 0.5) is 30.2 Å². The second-order valence-corrected chi connectivity index (χ2v) is 23.2. The van der Waals surface area contributed by atoms with Gasteiger partial charge in [0.05, 0.1) is 64.9 Å². The summed E-state index contributed by atoms with van der Waals surface area (Å²) in [4.78, 5) is 68.1. The molecular weight excluding hydrogens is 1220 g/mol. The molecule has 1 aliphatic heterocycles. The third-order valence-electron chi connectivity index (χ3n) is 15.8. The Balaban J connectivity index is 0.000000134. The molecule has 0 saturated carbocycles. The van der Waals surface area contributed by atoms with Crippen molar-refractivity contribution in [3.63, 3.8) is 0 Å². The van der Waals surface area contributed by atoms with Gasteiger partial charge in [-0.2, -0.15) is 0 Å². The number of nitrogens with one attached hydrogen (secondary N) is 3. The van der Waals surface area contributed by atoms with E-state index in [9.17, 15) is 27.6 Å². The average Bonchev–Trinajstić information content (AvgIpc) is 1.59. The molecule has 470 valence electrons. The highest BCUT2D eigenvalue weighted by Crippen LogP contribution is 2.37. The number of benzene rings is 6. The Kier molecular flexibility index (Phi) is 19.0. The molecule has 0 radical (unpaired) electrons. The number of fused-ring (bicyclic) bond motifs is 3. The lowest BCUT2D eigenvalue weighted by Crippen LogP contribution is -2.41. The van der Waals surface area contributed by atoms with E-state index in [-0.39, 0.29) is 35.2 Å². The fourth-order valence-electron chi connectivity index (χ4n) is 9.96. The van der Waals surface area contributed by atoms with Crippen LogP contribution in [0.2, 0.25) is 5.15 Å². The molecule has 1 aliphatic rings. The monoisotopic (exact) mass is 1280 g/mol. The summed E-state index contributed by atoms with van der Waals surface area (Å²) in [5, 5.41) is 8.88. The van der Waals surface area contributed by atoms with E-state index in [1.807, 2.05) is 141 Å². The van der Waals surface area contributed by atoms with Crippen LogP contribution < -0.4 is 21.4 Å². The van der Waals surface area contributed by atoms with E-state index in [4.69, 9.17) is 20.9 Å². The van der Waals surface area contributed by atoms with Crippen LogP contribution in [0.25, 0.3) is 50.6 Å². The second-order valence-electron chi connectivity index (χ2n) is 22.8. The number of carbonyl (C=O) groups is 3. The van der Waals surface area contributed by atoms with Gasteiger partial charge < -0.3 is 34.1 Å². The lowest BCUT2D eigenvalue weighted by Gasteiger charge is -2.32. The highest BCUT2D eigenvalue weighted by Gasteiger charge is 2.51. The predicted molar refractivity (Wildman–Crippen MR) is 358 cm³/mol. The number of rotatable bonds is 10. The zero-order valence-electron chi connectivity index (χ0n) is 51.9. The zero-order valence-corrected chi connectivity index (χ0v) is 52.6. The molecule has 0 aliphatic carbocycles. The van der Waals surface area contributed by atoms with Gasteiger partial charge in [-0.05, 0) is 174 Å². The topological polar surface area (TPSA) is 209 Å². The number of pyridine rings is 1. The molecule has 1 fully saturated rings. The molecule has 0 spiro atoms. The van der Waals surface area contributed by atoms with Gasteiger partial charge in [-0.25, -0.2) is 33.1 Å². The molecule has 18 nitrogen and oxygen atoms in total. The van der Waals surface area contributed by atoms with Crippen molar-refractivity contribution >= 4 is 75.5 Å². The largest absolute Gasteiger partial charge is 0.494 e. The fraction of sp³-hybridized carbons (Fsp3) is 0.127. The fourth-order valence-corrected chi connectivity index (χ4v) is 10.2. The van der Waals surface area contributed by atoms with Crippen molar-refractivity contribution in [1.82, 2.24) is 48.1 Å². The molecule has 1 saturated heterocycles. The summed E-state index contributed by atoms with van der Waals surface area (Å²) in [5.74, 6) is -1.12. The van der Waals surface area contributed by atoms with Gasteiger partial charge in [0.25, 0.3) is 17.7 Å². The van der Waals surface area contributed by atoms with E-state index in [0.717, 1.165) is 61.2 Å². The maximum Gasteiger partial charge on any atom is 0.494 e. The summed E-state index contributed by atoms with van der Waals surface area (Å²) in [5.41, 5.74) is 11.9. The minimum Gasteiger partial charge on any atom is -0.399 e. The van der Waals surface area contributed by atoms with E-state index in [1.165, 1.54) is 72.8 Å². The zero-order chi connectivity index (χ0) is 66.3. The lowest BCUT2D eigenvalue weighted by atomic mass is 9.77. The molecule has 8 heterocycles. The van der Waals surface area contributed by atoms with Gasteiger partial charge in [-0.3, -0.25) is 33.7 Å². The van der Waals surface area contributed by atoms with Crippen LogP contribution in [-0.2, 0) is 9.31 Å². The molecule has 0 unspecified atom stereocenters. The molecule has 0 atom stereocenters. The van der Waals surface area contributed by atoms with Gasteiger partial charge >= 0.3 is 7.12 Å². The number of hydrogen-bond acceptors (Lipinski definition) is 12. The van der Waals surface area contributed by atoms with Crippen molar-refractivity contribution in [3.05, 3.63) is 276 Å². The van der Waals surface area contributed by atoms with Crippen LogP contribution >= 0.6 is 11.6 Å². The highest BCUT2D eigenvalue weighted by molar-refractivity contribution is 6.62. The van der Waals surface area contributed by atoms with Gasteiger partial charge in [0, 0.05) is 88.3 Å². The lowest BCUT2D eigenvalue weighted by molar-refractivity contribution is 0.00578. The first-order chi connectivity index (χ1) is 45.2. The molecular formula is C71H60BClF3N13O5. The van der Waals surface area contributed by atoms with Crippen molar-refractivity contribution in [2.24, 2.45) is 0 Å². The van der Waals surface area contributed by atoms with Crippen LogP contribution in [-0.4, -0.2) is 84.1 Å². The number of amides is 3. The quantitative estimate of drug-likeness (QED) is 0.109. The molecule has 7 aromatic heterocycles. The van der Waals surface area contributed by atoms with Crippen molar-refractivity contribution in [2.75, 3.05) is 16.0 Å². The SMILES string of the molecule is Cc1ccc(-c2nccn3c(-c4ccccn4)ncc23)cc1C(=O)Nc1ccc(F)cc1.Cc1ccc(-c2nccn3cncc23)cc1C(=O)Nc1ccc(F)cc1.Cc1ccc(B2OC(C)(C)C(C)(C)O2)cc1C(=O)Nc1ccc(F)cc1.Clc1nccn2cncc12. The summed E-state index contributed by atoms with van der Waals surface area (Å²) in [6.45, 7) is 13.6. The number of nitrogens with zero attached hydrogens (tertiary/aromatic N) is 10. The van der Waals surface area contributed by atoms with Gasteiger partial charge in [0.15, 0.2) is 11.0 Å². The molecule has 3 amide bonds. The Morgan fingerprint density at radius 3 is 1.41 bits per heavy atom. The number of anilines is 3. The highest BCUT2D eigenvalue weighted by atomic mass is 35.5. The van der Waals surface area contributed by atoms with Gasteiger partial charge in [-0.15, -0.1) is 0 Å². The normalized spacial score (nSPS) is 12.8. The standard InChI is InChI=1S/C25H18FN5O.C20H23BFNO3.C20H15FN4O.C6H4ClN3/c1-16-5-6-17(14-20(16)25(32)30-19-9-7-18(26)8-10-19)23-22-15-29-24(31(22)13-12-28-23)21-4-2-3-11-27-21;1-13-6-7-14(21-25-19(2,3)20(4,5)26-21)12-17(13)18(24)23-16-10-8-15(22)9-11-16;1-13-2-3-14(19-18-11-22-12-25(18)9-8-23-19)10-17(13)20(26)24-16-6-4-15(21)5-7-16;7-6-5-3-8-4-10(5)2-1-9-6/h2-15H,1H3,(H,30,32);6-12H,1-5H3,(H,23,24);2-12H,1H3,(H,24,26);1-4H. The number of halogens is 4. The number of imidazole rings is 3. The third-order valence-corrected chi connectivity index (χ3v) is 16.1. The van der Waals surface area contributed by atoms with Crippen LogP contribution in [0.3, 0.4) is 0 Å². The Hall–Kier alpha value is -11.2. The second kappa shape index (κ2) is 27.7. The van der Waals surface area contributed by atoms with Crippen LogP contribution in [0, 0.1) is 38.2 Å². The number of aryl methyl sites for hydroxylation is 3. The minimum absolute atomic E-state index is 0.253.